The van der Waals surface area contributed by atoms with Crippen molar-refractivity contribution in [3.63, 3.8) is 0 Å². The summed E-state index contributed by atoms with van der Waals surface area (Å²) >= 11 is 0. The zero-order chi connectivity index (χ0) is 19.2. The lowest BCUT2D eigenvalue weighted by atomic mass is 10.0. The van der Waals surface area contributed by atoms with Gasteiger partial charge in [-0.2, -0.15) is 0 Å². The fourth-order valence-corrected chi connectivity index (χ4v) is 4.52. The van der Waals surface area contributed by atoms with Gasteiger partial charge in [-0.05, 0) is 69.4 Å². The van der Waals surface area contributed by atoms with Gasteiger partial charge in [0.05, 0.1) is 0 Å². The third-order valence-electron chi connectivity index (χ3n) is 5.78. The summed E-state index contributed by atoms with van der Waals surface area (Å²) < 4.78 is 0. The quantitative estimate of drug-likeness (QED) is 0.306. The Morgan fingerprint density at radius 2 is 0.966 bits per heavy atom. The van der Waals surface area contributed by atoms with Gasteiger partial charge < -0.3 is 4.90 Å². The van der Waals surface area contributed by atoms with Gasteiger partial charge in [-0.1, -0.05) is 78.9 Å². The molecule has 0 unspecified atom stereocenters. The first-order chi connectivity index (χ1) is 14.4. The summed E-state index contributed by atoms with van der Waals surface area (Å²) in [6.07, 6.45) is 0. The van der Waals surface area contributed by atoms with E-state index in [0.29, 0.717) is 0 Å². The normalized spacial score (nSPS) is 11.4. The third-order valence-corrected chi connectivity index (χ3v) is 5.78. The van der Waals surface area contributed by atoms with E-state index in [1.165, 1.54) is 38.7 Å². The number of benzene rings is 5. The molecule has 6 rings (SSSR count). The zero-order valence-electron chi connectivity index (χ0n) is 15.9. The molecular formula is C28H19N. The second-order valence-electron chi connectivity index (χ2n) is 7.45. The largest absolute Gasteiger partial charge is 0.310 e. The predicted octanol–water partition coefficient (Wildman–Crippen LogP) is 7.96. The van der Waals surface area contributed by atoms with Crippen molar-refractivity contribution in [2.45, 2.75) is 0 Å². The Bertz CT molecular complexity index is 1290. The first-order valence-electron chi connectivity index (χ1n) is 9.97. The van der Waals surface area contributed by atoms with Crippen LogP contribution >= 0.6 is 0 Å². The van der Waals surface area contributed by atoms with E-state index in [-0.39, 0.29) is 0 Å². The van der Waals surface area contributed by atoms with Crippen molar-refractivity contribution in [3.05, 3.63) is 115 Å². The van der Waals surface area contributed by atoms with Gasteiger partial charge in [0.15, 0.2) is 0 Å². The summed E-state index contributed by atoms with van der Waals surface area (Å²) in [4.78, 5) is 2.32. The van der Waals surface area contributed by atoms with E-state index in [9.17, 15) is 0 Å². The Balaban J connectivity index is 1.58. The summed E-state index contributed by atoms with van der Waals surface area (Å²) in [6, 6.07) is 41.2. The summed E-state index contributed by atoms with van der Waals surface area (Å²) in [7, 11) is 0. The van der Waals surface area contributed by atoms with Crippen LogP contribution in [0.1, 0.15) is 0 Å². The molecule has 0 fully saturated rings. The molecule has 29 heavy (non-hydrogen) atoms. The predicted molar refractivity (Wildman–Crippen MR) is 123 cm³/mol. The SMILES string of the molecule is c1ccc(N(c2ccccc2)c2ccc3c(c2)-c2cccc4cccc-3c24)cc1. The van der Waals surface area contributed by atoms with Gasteiger partial charge in [-0.3, -0.25) is 0 Å². The monoisotopic (exact) mass is 369 g/mol. The van der Waals surface area contributed by atoms with Crippen LogP contribution in [0.5, 0.6) is 0 Å². The van der Waals surface area contributed by atoms with Crippen molar-refractivity contribution in [1.29, 1.82) is 0 Å². The molecule has 0 aliphatic heterocycles. The van der Waals surface area contributed by atoms with Crippen molar-refractivity contribution >= 4 is 27.8 Å². The minimum absolute atomic E-state index is 1.16. The molecule has 1 nitrogen and oxygen atoms in total. The van der Waals surface area contributed by atoms with Gasteiger partial charge in [0.1, 0.15) is 0 Å². The topological polar surface area (TPSA) is 3.24 Å². The molecule has 136 valence electrons. The number of nitrogens with zero attached hydrogens (tertiary/aromatic N) is 1. The van der Waals surface area contributed by atoms with Gasteiger partial charge >= 0.3 is 0 Å². The maximum atomic E-state index is 2.34. The molecular weight excluding hydrogens is 350 g/mol. The molecule has 5 aromatic rings. The van der Waals surface area contributed by atoms with Crippen LogP contribution in [0.3, 0.4) is 0 Å². The summed E-state index contributed by atoms with van der Waals surface area (Å²) in [5, 5.41) is 2.67. The number of fused-ring (bicyclic) bond motifs is 3. The molecule has 0 saturated heterocycles. The average molecular weight is 369 g/mol. The lowest BCUT2D eigenvalue weighted by Crippen LogP contribution is -2.09. The van der Waals surface area contributed by atoms with Gasteiger partial charge in [0.25, 0.3) is 0 Å². The molecule has 0 aromatic heterocycles. The highest BCUT2D eigenvalue weighted by Crippen LogP contribution is 2.49. The highest BCUT2D eigenvalue weighted by Gasteiger charge is 2.22. The van der Waals surface area contributed by atoms with Gasteiger partial charge in [-0.25, -0.2) is 0 Å². The minimum Gasteiger partial charge on any atom is -0.310 e. The molecule has 0 atom stereocenters. The van der Waals surface area contributed by atoms with Crippen LogP contribution in [0.4, 0.5) is 17.1 Å². The number of anilines is 3. The van der Waals surface area contributed by atoms with E-state index < -0.39 is 0 Å². The third kappa shape index (κ3) is 2.48. The van der Waals surface area contributed by atoms with Gasteiger partial charge in [-0.15, -0.1) is 0 Å². The molecule has 5 aromatic carbocycles. The Hall–Kier alpha value is -3.84. The number of hydrogen-bond donors (Lipinski definition) is 0. The van der Waals surface area contributed by atoms with Crippen LogP contribution in [0.25, 0.3) is 33.0 Å². The first kappa shape index (κ1) is 16.1. The van der Waals surface area contributed by atoms with E-state index in [1.54, 1.807) is 0 Å². The van der Waals surface area contributed by atoms with Crippen molar-refractivity contribution < 1.29 is 0 Å². The molecule has 1 aliphatic carbocycles. The minimum atomic E-state index is 1.16. The zero-order valence-corrected chi connectivity index (χ0v) is 15.9. The maximum absolute atomic E-state index is 2.34. The standard InChI is InChI=1S/C28H19N/c1-3-11-21(12-4-1)29(22-13-5-2-6-14-22)23-17-18-24-25-15-7-9-20-10-8-16-26(28(20)25)27(24)19-23/h1-19H. The molecule has 0 saturated carbocycles. The van der Waals surface area contributed by atoms with Crippen LogP contribution in [0.2, 0.25) is 0 Å². The lowest BCUT2D eigenvalue weighted by Gasteiger charge is -2.26. The Labute approximate surface area is 170 Å². The van der Waals surface area contributed by atoms with Gasteiger partial charge in [0.2, 0.25) is 0 Å². The fourth-order valence-electron chi connectivity index (χ4n) is 4.52. The van der Waals surface area contributed by atoms with Crippen LogP contribution < -0.4 is 4.90 Å². The van der Waals surface area contributed by atoms with E-state index in [4.69, 9.17) is 0 Å². The van der Waals surface area contributed by atoms with Crippen LogP contribution in [0, 0.1) is 0 Å². The average Bonchev–Trinajstić information content (AvgIpc) is 3.11. The smallest absolute Gasteiger partial charge is 0.0468 e. The number of hydrogen-bond acceptors (Lipinski definition) is 1. The highest BCUT2D eigenvalue weighted by molar-refractivity contribution is 6.15. The van der Waals surface area contributed by atoms with Crippen LogP contribution in [0.15, 0.2) is 115 Å². The maximum Gasteiger partial charge on any atom is 0.0468 e. The van der Waals surface area contributed by atoms with Crippen LogP contribution in [-0.2, 0) is 0 Å². The van der Waals surface area contributed by atoms with E-state index in [2.05, 4.69) is 120 Å². The molecule has 0 amide bonds. The van der Waals surface area contributed by atoms with Crippen molar-refractivity contribution in [3.8, 4) is 22.3 Å². The van der Waals surface area contributed by atoms with Crippen molar-refractivity contribution in [1.82, 2.24) is 0 Å². The summed E-state index contributed by atoms with van der Waals surface area (Å²) in [5.41, 5.74) is 8.79. The number of para-hydroxylation sites is 2. The van der Waals surface area contributed by atoms with Crippen molar-refractivity contribution in [2.75, 3.05) is 4.90 Å². The van der Waals surface area contributed by atoms with Crippen molar-refractivity contribution in [2.24, 2.45) is 0 Å². The fraction of sp³-hybridized carbons (Fsp3) is 0. The molecule has 0 N–H and O–H groups in total. The Morgan fingerprint density at radius 3 is 1.59 bits per heavy atom. The lowest BCUT2D eigenvalue weighted by molar-refractivity contribution is 1.28. The highest BCUT2D eigenvalue weighted by atomic mass is 15.1. The summed E-state index contributed by atoms with van der Waals surface area (Å²) in [5.74, 6) is 0. The Kier molecular flexibility index (Phi) is 3.54. The number of rotatable bonds is 3. The summed E-state index contributed by atoms with van der Waals surface area (Å²) in [6.45, 7) is 0. The van der Waals surface area contributed by atoms with Gasteiger partial charge in [0, 0.05) is 17.1 Å². The van der Waals surface area contributed by atoms with E-state index in [0.717, 1.165) is 11.4 Å². The van der Waals surface area contributed by atoms with Crippen LogP contribution in [-0.4, -0.2) is 0 Å². The molecule has 0 radical (unpaired) electrons. The first-order valence-corrected chi connectivity index (χ1v) is 9.97. The second kappa shape index (κ2) is 6.35. The Morgan fingerprint density at radius 1 is 0.379 bits per heavy atom. The molecule has 1 heteroatoms. The second-order valence-corrected chi connectivity index (χ2v) is 7.45. The van der Waals surface area contributed by atoms with E-state index >= 15 is 0 Å². The molecule has 0 heterocycles. The molecule has 0 bridgehead atoms. The molecule has 0 spiro atoms. The van der Waals surface area contributed by atoms with E-state index in [1.807, 2.05) is 0 Å². The molecule has 1 aliphatic rings.